The smallest absolute Gasteiger partial charge is 0.149 e. The summed E-state index contributed by atoms with van der Waals surface area (Å²) >= 11 is 0. The van der Waals surface area contributed by atoms with Crippen molar-refractivity contribution in [1.82, 2.24) is 20.1 Å². The van der Waals surface area contributed by atoms with E-state index in [9.17, 15) is 0 Å². The number of hydrogen-bond acceptors (Lipinski definition) is 3. The molecule has 0 aliphatic carbocycles. The number of hydrogen-bond donors (Lipinski definition) is 1. The molecule has 1 aliphatic rings. The molecule has 1 saturated heterocycles. The number of nitrogens with one attached hydrogen (secondary N) is 1. The molecule has 0 bridgehead atoms. The van der Waals surface area contributed by atoms with Crippen LogP contribution in [-0.2, 0) is 6.54 Å². The van der Waals surface area contributed by atoms with Gasteiger partial charge in [0.25, 0.3) is 0 Å². The van der Waals surface area contributed by atoms with Gasteiger partial charge < -0.3 is 9.88 Å². The topological polar surface area (TPSA) is 42.7 Å². The van der Waals surface area contributed by atoms with Crippen LogP contribution in [0.2, 0.25) is 0 Å². The Hall–Kier alpha value is -0.900. The second kappa shape index (κ2) is 5.26. The first-order chi connectivity index (χ1) is 7.42. The first-order valence-electron chi connectivity index (χ1n) is 6.03. The first kappa shape index (κ1) is 10.6. The standard InChI is InChI=1S/C11H20N4/c1-2-8-15-9-13-14-11(15)10-6-4-3-5-7-12-10/h9-10,12H,2-8H2,1H3. The Morgan fingerprint density at radius 2 is 2.40 bits per heavy atom. The summed E-state index contributed by atoms with van der Waals surface area (Å²) < 4.78 is 2.18. The van der Waals surface area contributed by atoms with Crippen molar-refractivity contribution in [3.63, 3.8) is 0 Å². The van der Waals surface area contributed by atoms with Gasteiger partial charge in [0, 0.05) is 6.54 Å². The molecule has 2 heterocycles. The third-order valence-electron chi connectivity index (χ3n) is 2.98. The van der Waals surface area contributed by atoms with Crippen LogP contribution in [-0.4, -0.2) is 21.3 Å². The van der Waals surface area contributed by atoms with Crippen LogP contribution in [0.4, 0.5) is 0 Å². The minimum Gasteiger partial charge on any atom is -0.316 e. The van der Waals surface area contributed by atoms with Gasteiger partial charge in [-0.3, -0.25) is 0 Å². The van der Waals surface area contributed by atoms with E-state index in [1.54, 1.807) is 0 Å². The van der Waals surface area contributed by atoms with Crippen LogP contribution < -0.4 is 5.32 Å². The Labute approximate surface area is 91.1 Å². The van der Waals surface area contributed by atoms with E-state index in [1.807, 2.05) is 6.33 Å². The highest BCUT2D eigenvalue weighted by atomic mass is 15.3. The van der Waals surface area contributed by atoms with Gasteiger partial charge in [0.2, 0.25) is 0 Å². The molecule has 1 N–H and O–H groups in total. The third-order valence-corrected chi connectivity index (χ3v) is 2.98. The molecule has 1 atom stereocenters. The lowest BCUT2D eigenvalue weighted by atomic mass is 10.1. The molecule has 2 rings (SSSR count). The zero-order chi connectivity index (χ0) is 10.5. The van der Waals surface area contributed by atoms with Crippen molar-refractivity contribution in [2.45, 2.75) is 51.6 Å². The van der Waals surface area contributed by atoms with Crippen molar-refractivity contribution in [2.24, 2.45) is 0 Å². The molecule has 84 valence electrons. The van der Waals surface area contributed by atoms with E-state index in [2.05, 4.69) is 27.0 Å². The maximum Gasteiger partial charge on any atom is 0.149 e. The van der Waals surface area contributed by atoms with Gasteiger partial charge in [0.05, 0.1) is 6.04 Å². The molecule has 1 unspecified atom stereocenters. The van der Waals surface area contributed by atoms with Gasteiger partial charge in [0.1, 0.15) is 12.2 Å². The predicted octanol–water partition coefficient (Wildman–Crippen LogP) is 1.89. The highest BCUT2D eigenvalue weighted by Gasteiger charge is 2.18. The zero-order valence-corrected chi connectivity index (χ0v) is 9.45. The van der Waals surface area contributed by atoms with E-state index in [-0.39, 0.29) is 0 Å². The lowest BCUT2D eigenvalue weighted by Gasteiger charge is -2.15. The normalized spacial score (nSPS) is 22.6. The average molecular weight is 208 g/mol. The van der Waals surface area contributed by atoms with Crippen molar-refractivity contribution >= 4 is 0 Å². The Morgan fingerprint density at radius 1 is 1.47 bits per heavy atom. The molecule has 1 aromatic rings. The molecular formula is C11H20N4. The number of aryl methyl sites for hydroxylation is 1. The second-order valence-electron chi connectivity index (χ2n) is 4.24. The van der Waals surface area contributed by atoms with E-state index in [4.69, 9.17) is 0 Å². The Bertz CT molecular complexity index is 287. The summed E-state index contributed by atoms with van der Waals surface area (Å²) in [6, 6.07) is 0.418. The van der Waals surface area contributed by atoms with E-state index in [1.165, 1.54) is 25.7 Å². The summed E-state index contributed by atoms with van der Waals surface area (Å²) in [5.41, 5.74) is 0. The van der Waals surface area contributed by atoms with Crippen LogP contribution in [0.1, 0.15) is 50.9 Å². The van der Waals surface area contributed by atoms with Crippen LogP contribution in [0, 0.1) is 0 Å². The molecule has 4 heteroatoms. The highest BCUT2D eigenvalue weighted by molar-refractivity contribution is 4.95. The van der Waals surface area contributed by atoms with Crippen molar-refractivity contribution in [3.8, 4) is 0 Å². The molecule has 0 spiro atoms. The molecule has 0 radical (unpaired) electrons. The average Bonchev–Trinajstić information content (AvgIpc) is 2.53. The molecule has 1 fully saturated rings. The maximum absolute atomic E-state index is 4.25. The predicted molar refractivity (Wildman–Crippen MR) is 59.5 cm³/mol. The maximum atomic E-state index is 4.25. The number of rotatable bonds is 3. The summed E-state index contributed by atoms with van der Waals surface area (Å²) in [4.78, 5) is 0. The van der Waals surface area contributed by atoms with Crippen molar-refractivity contribution in [1.29, 1.82) is 0 Å². The zero-order valence-electron chi connectivity index (χ0n) is 9.45. The Kier molecular flexibility index (Phi) is 3.72. The van der Waals surface area contributed by atoms with E-state index >= 15 is 0 Å². The lowest BCUT2D eigenvalue weighted by Crippen LogP contribution is -2.23. The summed E-state index contributed by atoms with van der Waals surface area (Å²) in [6.07, 6.45) is 8.12. The molecule has 0 aromatic carbocycles. The SMILES string of the molecule is CCCn1cnnc1C1CCCCCN1. The Morgan fingerprint density at radius 3 is 3.27 bits per heavy atom. The molecule has 0 amide bonds. The minimum absolute atomic E-state index is 0.418. The first-order valence-corrected chi connectivity index (χ1v) is 6.03. The van der Waals surface area contributed by atoms with Crippen LogP contribution in [0.5, 0.6) is 0 Å². The molecule has 15 heavy (non-hydrogen) atoms. The van der Waals surface area contributed by atoms with Gasteiger partial charge in [0.15, 0.2) is 0 Å². The second-order valence-corrected chi connectivity index (χ2v) is 4.24. The molecule has 1 aromatic heterocycles. The molecular weight excluding hydrogens is 188 g/mol. The third kappa shape index (κ3) is 2.56. The van der Waals surface area contributed by atoms with Crippen molar-refractivity contribution in [3.05, 3.63) is 12.2 Å². The van der Waals surface area contributed by atoms with E-state index in [0.29, 0.717) is 6.04 Å². The highest BCUT2D eigenvalue weighted by Crippen LogP contribution is 2.20. The van der Waals surface area contributed by atoms with Crippen LogP contribution in [0.3, 0.4) is 0 Å². The molecule has 0 saturated carbocycles. The van der Waals surface area contributed by atoms with Crippen LogP contribution in [0.25, 0.3) is 0 Å². The number of nitrogens with zero attached hydrogens (tertiary/aromatic N) is 3. The van der Waals surface area contributed by atoms with Gasteiger partial charge in [-0.2, -0.15) is 0 Å². The summed E-state index contributed by atoms with van der Waals surface area (Å²) in [5.74, 6) is 1.12. The van der Waals surface area contributed by atoms with E-state index in [0.717, 1.165) is 25.3 Å². The van der Waals surface area contributed by atoms with Crippen molar-refractivity contribution in [2.75, 3.05) is 6.54 Å². The van der Waals surface area contributed by atoms with Gasteiger partial charge in [-0.25, -0.2) is 0 Å². The quantitative estimate of drug-likeness (QED) is 0.825. The molecule has 1 aliphatic heterocycles. The summed E-state index contributed by atoms with van der Waals surface area (Å²) in [6.45, 7) is 4.33. The van der Waals surface area contributed by atoms with Crippen molar-refractivity contribution < 1.29 is 0 Å². The number of aromatic nitrogens is 3. The largest absolute Gasteiger partial charge is 0.316 e. The monoisotopic (exact) mass is 208 g/mol. The summed E-state index contributed by atoms with van der Waals surface area (Å²) in [7, 11) is 0. The fourth-order valence-electron chi connectivity index (χ4n) is 2.20. The fourth-order valence-corrected chi connectivity index (χ4v) is 2.20. The van der Waals surface area contributed by atoms with Gasteiger partial charge in [-0.05, 0) is 25.8 Å². The molecule has 4 nitrogen and oxygen atoms in total. The van der Waals surface area contributed by atoms with Gasteiger partial charge >= 0.3 is 0 Å². The summed E-state index contributed by atoms with van der Waals surface area (Å²) in [5, 5.41) is 11.8. The lowest BCUT2D eigenvalue weighted by molar-refractivity contribution is 0.475. The Balaban J connectivity index is 2.08. The van der Waals surface area contributed by atoms with Gasteiger partial charge in [-0.15, -0.1) is 10.2 Å². The van der Waals surface area contributed by atoms with Crippen LogP contribution >= 0.6 is 0 Å². The minimum atomic E-state index is 0.418. The van der Waals surface area contributed by atoms with E-state index < -0.39 is 0 Å². The van der Waals surface area contributed by atoms with Crippen LogP contribution in [0.15, 0.2) is 6.33 Å². The fraction of sp³-hybridized carbons (Fsp3) is 0.818. The van der Waals surface area contributed by atoms with Gasteiger partial charge in [-0.1, -0.05) is 19.8 Å².